The van der Waals surface area contributed by atoms with Crippen molar-refractivity contribution in [1.29, 1.82) is 0 Å². The zero-order chi connectivity index (χ0) is 23.5. The number of carbonyl (C=O) groups is 4. The van der Waals surface area contributed by atoms with E-state index < -0.39 is 58.7 Å². The number of nitrogens with one attached hydrogen (secondary N) is 1. The van der Waals surface area contributed by atoms with Gasteiger partial charge in [-0.2, -0.15) is 0 Å². The second-order valence-corrected chi connectivity index (χ2v) is 9.80. The minimum atomic E-state index is -1.49. The fraction of sp³-hybridized carbons (Fsp3) is 0.714. The number of carboxylic acids is 1. The van der Waals surface area contributed by atoms with Crippen LogP contribution in [0.2, 0.25) is 0 Å². The molecule has 0 amide bonds. The average molecular weight is 427 g/mol. The number of rotatable bonds is 6. The number of esters is 3. The molecule has 0 saturated heterocycles. The Morgan fingerprint density at radius 3 is 1.80 bits per heavy atom. The van der Waals surface area contributed by atoms with E-state index in [1.807, 2.05) is 0 Å². The van der Waals surface area contributed by atoms with Crippen LogP contribution in [-0.4, -0.2) is 57.9 Å². The maximum atomic E-state index is 12.9. The summed E-state index contributed by atoms with van der Waals surface area (Å²) in [6, 6.07) is -1.62. The molecule has 0 saturated carbocycles. The first-order valence-corrected chi connectivity index (χ1v) is 9.77. The monoisotopic (exact) mass is 427 g/mol. The molecule has 30 heavy (non-hydrogen) atoms. The van der Waals surface area contributed by atoms with Gasteiger partial charge in [-0.3, -0.25) is 14.9 Å². The highest BCUT2D eigenvalue weighted by Crippen LogP contribution is 2.24. The van der Waals surface area contributed by atoms with Gasteiger partial charge in [0.25, 0.3) is 0 Å². The van der Waals surface area contributed by atoms with Gasteiger partial charge in [0.1, 0.15) is 22.8 Å². The third-order valence-corrected chi connectivity index (χ3v) is 4.04. The summed E-state index contributed by atoms with van der Waals surface area (Å²) in [5.74, 6) is -4.77. The molecule has 0 spiro atoms. The van der Waals surface area contributed by atoms with Crippen LogP contribution in [0.4, 0.5) is 0 Å². The van der Waals surface area contributed by atoms with E-state index in [0.29, 0.717) is 0 Å². The quantitative estimate of drug-likeness (QED) is 0.283. The van der Waals surface area contributed by atoms with E-state index in [-0.39, 0.29) is 6.42 Å². The molecule has 1 rings (SSSR count). The molecule has 3 atom stereocenters. The van der Waals surface area contributed by atoms with Gasteiger partial charge in [-0.15, -0.1) is 0 Å². The lowest BCUT2D eigenvalue weighted by Crippen LogP contribution is -2.58. The van der Waals surface area contributed by atoms with Gasteiger partial charge in [-0.05, 0) is 61.8 Å². The Hall–Kier alpha value is -2.42. The summed E-state index contributed by atoms with van der Waals surface area (Å²) >= 11 is 0. The van der Waals surface area contributed by atoms with E-state index in [0.717, 1.165) is 0 Å². The normalized spacial score (nSPS) is 20.4. The second-order valence-electron chi connectivity index (χ2n) is 9.80. The van der Waals surface area contributed by atoms with E-state index >= 15 is 0 Å². The van der Waals surface area contributed by atoms with E-state index in [1.165, 1.54) is 19.9 Å². The van der Waals surface area contributed by atoms with Crippen molar-refractivity contribution in [3.63, 3.8) is 0 Å². The molecule has 0 aromatic carbocycles. The van der Waals surface area contributed by atoms with Crippen molar-refractivity contribution in [1.82, 2.24) is 5.32 Å². The fourth-order valence-electron chi connectivity index (χ4n) is 2.79. The van der Waals surface area contributed by atoms with Crippen LogP contribution >= 0.6 is 0 Å². The van der Waals surface area contributed by atoms with Crippen LogP contribution in [-0.2, 0) is 33.4 Å². The molecule has 9 heteroatoms. The molecule has 170 valence electrons. The first-order valence-electron chi connectivity index (χ1n) is 9.77. The Kier molecular flexibility index (Phi) is 7.82. The molecule has 3 unspecified atom stereocenters. The predicted octanol–water partition coefficient (Wildman–Crippen LogP) is 1.98. The minimum Gasteiger partial charge on any atom is -0.481 e. The molecule has 1 aliphatic rings. The van der Waals surface area contributed by atoms with E-state index in [1.54, 1.807) is 47.6 Å². The molecule has 0 fully saturated rings. The Bertz CT molecular complexity index is 711. The number of hydrogen-bond donors (Lipinski definition) is 2. The highest BCUT2D eigenvalue weighted by molar-refractivity contribution is 6.29. The fourth-order valence-corrected chi connectivity index (χ4v) is 2.79. The van der Waals surface area contributed by atoms with Crippen molar-refractivity contribution in [2.45, 2.75) is 90.7 Å². The molecule has 0 aromatic rings. The van der Waals surface area contributed by atoms with Gasteiger partial charge in [-0.25, -0.2) is 9.59 Å². The first kappa shape index (κ1) is 25.6. The second kappa shape index (κ2) is 9.16. The first-order chi connectivity index (χ1) is 13.4. The van der Waals surface area contributed by atoms with Crippen LogP contribution in [0.25, 0.3) is 0 Å². The highest BCUT2D eigenvalue weighted by Gasteiger charge is 2.44. The van der Waals surface area contributed by atoms with E-state index in [9.17, 15) is 19.2 Å². The van der Waals surface area contributed by atoms with Gasteiger partial charge in [0, 0.05) is 6.04 Å². The summed E-state index contributed by atoms with van der Waals surface area (Å²) in [5, 5.41) is 12.2. The standard InChI is InChI=1S/C21H33NO8/c1-19(2,3)28-16(25)14(22-13-10-9-12(11-13)15(23)24)21(7,8)30-18(27)17(26)29-20(4,5)6/h9-10,12-14,22H,11H2,1-8H3,(H,23,24). The van der Waals surface area contributed by atoms with Crippen LogP contribution in [0.5, 0.6) is 0 Å². The van der Waals surface area contributed by atoms with Gasteiger partial charge in [0.05, 0.1) is 5.92 Å². The molecule has 0 aromatic heterocycles. The van der Waals surface area contributed by atoms with Crippen LogP contribution in [0.15, 0.2) is 12.2 Å². The zero-order valence-electron chi connectivity index (χ0n) is 18.9. The Morgan fingerprint density at radius 2 is 1.37 bits per heavy atom. The number of carbonyl (C=O) groups excluding carboxylic acids is 3. The summed E-state index contributed by atoms with van der Waals surface area (Å²) in [7, 11) is 0. The smallest absolute Gasteiger partial charge is 0.418 e. The molecule has 1 aliphatic carbocycles. The Labute approximate surface area is 177 Å². The van der Waals surface area contributed by atoms with Gasteiger partial charge in [-0.1, -0.05) is 12.2 Å². The minimum absolute atomic E-state index is 0.227. The topological polar surface area (TPSA) is 128 Å². The highest BCUT2D eigenvalue weighted by atomic mass is 16.6. The summed E-state index contributed by atoms with van der Waals surface area (Å²) < 4.78 is 15.8. The Balaban J connectivity index is 3.02. The third-order valence-electron chi connectivity index (χ3n) is 4.04. The Morgan fingerprint density at radius 1 is 0.867 bits per heavy atom. The van der Waals surface area contributed by atoms with Crippen molar-refractivity contribution >= 4 is 23.9 Å². The van der Waals surface area contributed by atoms with Crippen LogP contribution in [0.3, 0.4) is 0 Å². The zero-order valence-corrected chi connectivity index (χ0v) is 18.9. The molecule has 0 aliphatic heterocycles. The largest absolute Gasteiger partial charge is 0.481 e. The maximum absolute atomic E-state index is 12.9. The molecule has 2 N–H and O–H groups in total. The summed E-state index contributed by atoms with van der Waals surface area (Å²) in [4.78, 5) is 48.3. The van der Waals surface area contributed by atoms with Crippen molar-refractivity contribution in [3.05, 3.63) is 12.2 Å². The van der Waals surface area contributed by atoms with Crippen LogP contribution in [0.1, 0.15) is 61.8 Å². The number of aliphatic carboxylic acids is 1. The molecule has 0 radical (unpaired) electrons. The third kappa shape index (κ3) is 8.14. The average Bonchev–Trinajstić information content (AvgIpc) is 2.97. The van der Waals surface area contributed by atoms with Crippen molar-refractivity contribution in [2.75, 3.05) is 0 Å². The number of hydrogen-bond acceptors (Lipinski definition) is 8. The summed E-state index contributed by atoms with van der Waals surface area (Å²) in [6.07, 6.45) is 3.40. The predicted molar refractivity (Wildman–Crippen MR) is 107 cm³/mol. The van der Waals surface area contributed by atoms with Gasteiger partial charge in [0.2, 0.25) is 0 Å². The van der Waals surface area contributed by atoms with E-state index in [4.69, 9.17) is 19.3 Å². The molecule has 0 heterocycles. The van der Waals surface area contributed by atoms with E-state index in [2.05, 4.69) is 5.32 Å². The maximum Gasteiger partial charge on any atom is 0.418 e. The van der Waals surface area contributed by atoms with Gasteiger partial charge < -0.3 is 19.3 Å². The number of ether oxygens (including phenoxy) is 3. The van der Waals surface area contributed by atoms with Gasteiger partial charge in [0.15, 0.2) is 0 Å². The molecule has 0 bridgehead atoms. The van der Waals surface area contributed by atoms with Crippen LogP contribution < -0.4 is 5.32 Å². The van der Waals surface area contributed by atoms with Gasteiger partial charge >= 0.3 is 23.9 Å². The van der Waals surface area contributed by atoms with Crippen LogP contribution in [0, 0.1) is 5.92 Å². The van der Waals surface area contributed by atoms with Crippen molar-refractivity contribution < 1.29 is 38.5 Å². The molecular weight excluding hydrogens is 394 g/mol. The molecule has 9 nitrogen and oxygen atoms in total. The lowest BCUT2D eigenvalue weighted by atomic mass is 9.96. The SMILES string of the molecule is CC(C)(C)OC(=O)C(=O)OC(C)(C)C(NC1C=CC(C(=O)O)C1)C(=O)OC(C)(C)C. The summed E-state index contributed by atoms with van der Waals surface area (Å²) in [5.41, 5.74) is -3.19. The summed E-state index contributed by atoms with van der Waals surface area (Å²) in [6.45, 7) is 12.8. The lowest BCUT2D eigenvalue weighted by Gasteiger charge is -2.36. The molecular formula is C21H33NO8. The van der Waals surface area contributed by atoms with Crippen molar-refractivity contribution in [3.8, 4) is 0 Å². The number of carboxylic acid groups (broad SMARTS) is 1. The lowest BCUT2D eigenvalue weighted by molar-refractivity contribution is -0.187. The van der Waals surface area contributed by atoms with Crippen molar-refractivity contribution in [2.24, 2.45) is 5.92 Å².